The molecule has 0 spiro atoms. The highest BCUT2D eigenvalue weighted by molar-refractivity contribution is 5.70. The smallest absolute Gasteiger partial charge is 0.408 e. The lowest BCUT2D eigenvalue weighted by Gasteiger charge is -2.41. The van der Waals surface area contributed by atoms with Crippen LogP contribution < -0.4 is 5.32 Å². The van der Waals surface area contributed by atoms with E-state index >= 15 is 0 Å². The SMILES string of the molecule is CC(C=O)C1(NC(=O)OC(C)(C)C)CCCCC1. The molecule has 1 aliphatic carbocycles. The van der Waals surface area contributed by atoms with Gasteiger partial charge in [0.05, 0.1) is 5.54 Å². The number of nitrogens with one attached hydrogen (secondary N) is 1. The van der Waals surface area contributed by atoms with Gasteiger partial charge in [0, 0.05) is 5.92 Å². The molecular formula is C14H25NO3. The molecule has 1 unspecified atom stereocenters. The molecule has 1 N–H and O–H groups in total. The van der Waals surface area contributed by atoms with E-state index in [0.29, 0.717) is 0 Å². The minimum atomic E-state index is -0.510. The van der Waals surface area contributed by atoms with Crippen LogP contribution in [-0.2, 0) is 9.53 Å². The lowest BCUT2D eigenvalue weighted by Crippen LogP contribution is -2.55. The molecule has 1 fully saturated rings. The largest absolute Gasteiger partial charge is 0.444 e. The zero-order valence-corrected chi connectivity index (χ0v) is 11.9. The number of rotatable bonds is 3. The van der Waals surface area contributed by atoms with Crippen LogP contribution in [0.5, 0.6) is 0 Å². The Balaban J connectivity index is 2.73. The zero-order valence-electron chi connectivity index (χ0n) is 11.9. The molecule has 0 radical (unpaired) electrons. The monoisotopic (exact) mass is 255 g/mol. The molecule has 1 rings (SSSR count). The van der Waals surface area contributed by atoms with Gasteiger partial charge in [-0.05, 0) is 33.6 Å². The van der Waals surface area contributed by atoms with E-state index in [1.165, 1.54) is 6.42 Å². The molecule has 4 heteroatoms. The second kappa shape index (κ2) is 5.72. The van der Waals surface area contributed by atoms with E-state index < -0.39 is 17.2 Å². The van der Waals surface area contributed by atoms with Crippen molar-refractivity contribution >= 4 is 12.4 Å². The van der Waals surface area contributed by atoms with Gasteiger partial charge in [0.25, 0.3) is 0 Å². The summed E-state index contributed by atoms with van der Waals surface area (Å²) >= 11 is 0. The van der Waals surface area contributed by atoms with Gasteiger partial charge in [0.2, 0.25) is 0 Å². The van der Waals surface area contributed by atoms with E-state index in [1.54, 1.807) is 0 Å². The van der Waals surface area contributed by atoms with Gasteiger partial charge >= 0.3 is 6.09 Å². The summed E-state index contributed by atoms with van der Waals surface area (Å²) in [6.45, 7) is 7.38. The van der Waals surface area contributed by atoms with Gasteiger partial charge in [-0.2, -0.15) is 0 Å². The lowest BCUT2D eigenvalue weighted by atomic mass is 9.74. The van der Waals surface area contributed by atoms with Crippen molar-refractivity contribution in [3.63, 3.8) is 0 Å². The first kappa shape index (κ1) is 15.0. The highest BCUT2D eigenvalue weighted by atomic mass is 16.6. The maximum absolute atomic E-state index is 11.9. The third kappa shape index (κ3) is 4.00. The fourth-order valence-electron chi connectivity index (χ4n) is 2.51. The fraction of sp³-hybridized carbons (Fsp3) is 0.857. The third-order valence-electron chi connectivity index (χ3n) is 3.57. The lowest BCUT2D eigenvalue weighted by molar-refractivity contribution is -0.113. The Morgan fingerprint density at radius 3 is 2.28 bits per heavy atom. The topological polar surface area (TPSA) is 55.4 Å². The van der Waals surface area contributed by atoms with Crippen LogP contribution in [0.15, 0.2) is 0 Å². The number of carbonyl (C=O) groups excluding carboxylic acids is 2. The molecule has 1 aliphatic rings. The summed E-state index contributed by atoms with van der Waals surface area (Å²) in [6, 6.07) is 0. The normalized spacial score (nSPS) is 20.9. The standard InChI is InChI=1S/C14H25NO3/c1-11(10-16)14(8-6-5-7-9-14)15-12(17)18-13(2,3)4/h10-11H,5-9H2,1-4H3,(H,15,17). The molecule has 0 saturated heterocycles. The fourth-order valence-corrected chi connectivity index (χ4v) is 2.51. The molecule has 0 aromatic carbocycles. The summed E-state index contributed by atoms with van der Waals surface area (Å²) < 4.78 is 5.29. The maximum atomic E-state index is 11.9. The number of alkyl carbamates (subject to hydrolysis) is 1. The van der Waals surface area contributed by atoms with Crippen molar-refractivity contribution in [3.05, 3.63) is 0 Å². The van der Waals surface area contributed by atoms with Gasteiger partial charge < -0.3 is 14.8 Å². The van der Waals surface area contributed by atoms with Crippen LogP contribution in [0, 0.1) is 5.92 Å². The van der Waals surface area contributed by atoms with Crippen molar-refractivity contribution in [1.82, 2.24) is 5.32 Å². The van der Waals surface area contributed by atoms with Crippen LogP contribution in [0.25, 0.3) is 0 Å². The quantitative estimate of drug-likeness (QED) is 0.789. The van der Waals surface area contributed by atoms with Gasteiger partial charge in [-0.25, -0.2) is 4.79 Å². The van der Waals surface area contributed by atoms with E-state index in [4.69, 9.17) is 4.74 Å². The predicted molar refractivity (Wildman–Crippen MR) is 70.4 cm³/mol. The Bertz CT molecular complexity index is 301. The molecular weight excluding hydrogens is 230 g/mol. The molecule has 104 valence electrons. The molecule has 1 saturated carbocycles. The minimum Gasteiger partial charge on any atom is -0.444 e. The van der Waals surface area contributed by atoms with Crippen molar-refractivity contribution in [3.8, 4) is 0 Å². The van der Waals surface area contributed by atoms with Gasteiger partial charge in [0.15, 0.2) is 0 Å². The molecule has 18 heavy (non-hydrogen) atoms. The first-order chi connectivity index (χ1) is 8.29. The Kier molecular flexibility index (Phi) is 4.77. The Labute approximate surface area is 109 Å². The molecule has 0 bridgehead atoms. The van der Waals surface area contributed by atoms with Gasteiger partial charge in [-0.3, -0.25) is 0 Å². The summed E-state index contributed by atoms with van der Waals surface area (Å²) in [4.78, 5) is 23.0. The van der Waals surface area contributed by atoms with Gasteiger partial charge in [-0.15, -0.1) is 0 Å². The predicted octanol–water partition coefficient (Wildman–Crippen LogP) is 3.05. The molecule has 0 aromatic heterocycles. The van der Waals surface area contributed by atoms with Crippen LogP contribution in [0.2, 0.25) is 0 Å². The summed E-state index contributed by atoms with van der Waals surface area (Å²) in [7, 11) is 0. The number of hydrogen-bond acceptors (Lipinski definition) is 3. The first-order valence-corrected chi connectivity index (χ1v) is 6.75. The summed E-state index contributed by atoms with van der Waals surface area (Å²) in [5.41, 5.74) is -0.924. The van der Waals surface area contributed by atoms with E-state index in [0.717, 1.165) is 32.0 Å². The van der Waals surface area contributed by atoms with Crippen molar-refractivity contribution in [2.75, 3.05) is 0 Å². The molecule has 4 nitrogen and oxygen atoms in total. The number of amides is 1. The van der Waals surface area contributed by atoms with Crippen LogP contribution in [0.3, 0.4) is 0 Å². The van der Waals surface area contributed by atoms with E-state index in [1.807, 2.05) is 27.7 Å². The molecule has 1 amide bonds. The Hall–Kier alpha value is -1.06. The molecule has 0 aliphatic heterocycles. The van der Waals surface area contributed by atoms with Crippen molar-refractivity contribution in [2.24, 2.45) is 5.92 Å². The molecule has 0 heterocycles. The highest BCUT2D eigenvalue weighted by Crippen LogP contribution is 2.34. The Morgan fingerprint density at radius 1 is 1.28 bits per heavy atom. The number of aldehydes is 1. The van der Waals surface area contributed by atoms with Crippen molar-refractivity contribution in [2.45, 2.75) is 70.9 Å². The average molecular weight is 255 g/mol. The summed E-state index contributed by atoms with van der Waals surface area (Å²) in [5.74, 6) is -0.176. The van der Waals surface area contributed by atoms with Crippen molar-refractivity contribution < 1.29 is 14.3 Å². The highest BCUT2D eigenvalue weighted by Gasteiger charge is 2.39. The van der Waals surface area contributed by atoms with Gasteiger partial charge in [0.1, 0.15) is 11.9 Å². The molecule has 1 atom stereocenters. The van der Waals surface area contributed by atoms with Crippen LogP contribution in [0.1, 0.15) is 59.8 Å². The second-order valence-electron chi connectivity index (χ2n) is 6.27. The first-order valence-electron chi connectivity index (χ1n) is 6.75. The zero-order chi connectivity index (χ0) is 13.8. The number of hydrogen-bond donors (Lipinski definition) is 1. The van der Waals surface area contributed by atoms with E-state index in [9.17, 15) is 9.59 Å². The number of carbonyl (C=O) groups is 2. The van der Waals surface area contributed by atoms with E-state index in [-0.39, 0.29) is 5.92 Å². The van der Waals surface area contributed by atoms with Crippen LogP contribution in [-0.4, -0.2) is 23.5 Å². The Morgan fingerprint density at radius 2 is 1.83 bits per heavy atom. The second-order valence-corrected chi connectivity index (χ2v) is 6.27. The minimum absolute atomic E-state index is 0.176. The summed E-state index contributed by atoms with van der Waals surface area (Å²) in [5, 5.41) is 2.95. The molecule has 0 aromatic rings. The van der Waals surface area contributed by atoms with Gasteiger partial charge in [-0.1, -0.05) is 26.2 Å². The van der Waals surface area contributed by atoms with Crippen LogP contribution >= 0.6 is 0 Å². The van der Waals surface area contributed by atoms with Crippen LogP contribution in [0.4, 0.5) is 4.79 Å². The van der Waals surface area contributed by atoms with Crippen molar-refractivity contribution in [1.29, 1.82) is 0 Å². The maximum Gasteiger partial charge on any atom is 0.408 e. The summed E-state index contributed by atoms with van der Waals surface area (Å²) in [6.07, 6.45) is 5.49. The van der Waals surface area contributed by atoms with E-state index in [2.05, 4.69) is 5.32 Å². The third-order valence-corrected chi connectivity index (χ3v) is 3.57. The number of ether oxygens (including phenoxy) is 1. The average Bonchev–Trinajstić information content (AvgIpc) is 2.26.